The fraction of sp³-hybridized carbons (Fsp3) is 0.600. The molecule has 4 heteroatoms. The fourth-order valence-electron chi connectivity index (χ4n) is 1.17. The predicted octanol–water partition coefficient (Wildman–Crippen LogP) is 1.44. The molecule has 0 aromatic carbocycles. The van der Waals surface area contributed by atoms with E-state index in [1.165, 1.54) is 0 Å². The van der Waals surface area contributed by atoms with Crippen LogP contribution < -0.4 is 10.6 Å². The van der Waals surface area contributed by atoms with Crippen LogP contribution in [0.1, 0.15) is 19.3 Å². The summed E-state index contributed by atoms with van der Waals surface area (Å²) in [6.45, 7) is 7.68. The molecule has 4 nitrogen and oxygen atoms in total. The SMILES string of the molecule is C=C(O)NC(CCCCNC)C(=C)O. The number of hydrogen-bond donors (Lipinski definition) is 4. The Balaban J connectivity index is 3.74. The molecule has 4 N–H and O–H groups in total. The van der Waals surface area contributed by atoms with Gasteiger partial charge in [0.05, 0.1) is 6.04 Å². The summed E-state index contributed by atoms with van der Waals surface area (Å²) in [4.78, 5) is 0. The van der Waals surface area contributed by atoms with E-state index >= 15 is 0 Å². The average molecular weight is 200 g/mol. The van der Waals surface area contributed by atoms with E-state index in [1.807, 2.05) is 7.05 Å². The van der Waals surface area contributed by atoms with Crippen molar-refractivity contribution in [2.75, 3.05) is 13.6 Å². The van der Waals surface area contributed by atoms with Gasteiger partial charge in [0.15, 0.2) is 5.88 Å². The van der Waals surface area contributed by atoms with Crippen molar-refractivity contribution in [2.45, 2.75) is 25.3 Å². The lowest BCUT2D eigenvalue weighted by atomic mass is 10.1. The number of hydrogen-bond acceptors (Lipinski definition) is 4. The summed E-state index contributed by atoms with van der Waals surface area (Å²) in [7, 11) is 1.90. The minimum atomic E-state index is -0.302. The summed E-state index contributed by atoms with van der Waals surface area (Å²) in [5.74, 6) is -0.108. The molecule has 0 heterocycles. The maximum absolute atomic E-state index is 9.19. The zero-order valence-corrected chi connectivity index (χ0v) is 8.71. The quantitative estimate of drug-likeness (QED) is 0.353. The van der Waals surface area contributed by atoms with Crippen LogP contribution in [0.25, 0.3) is 0 Å². The summed E-state index contributed by atoms with van der Waals surface area (Å²) >= 11 is 0. The van der Waals surface area contributed by atoms with Gasteiger partial charge in [-0.15, -0.1) is 0 Å². The van der Waals surface area contributed by atoms with Crippen LogP contribution in [-0.4, -0.2) is 29.8 Å². The molecule has 1 atom stereocenters. The number of unbranched alkanes of at least 4 members (excludes halogenated alkanes) is 1. The Morgan fingerprint density at radius 1 is 1.29 bits per heavy atom. The largest absolute Gasteiger partial charge is 0.511 e. The zero-order valence-electron chi connectivity index (χ0n) is 8.71. The van der Waals surface area contributed by atoms with Crippen molar-refractivity contribution in [2.24, 2.45) is 0 Å². The average Bonchev–Trinajstić information content (AvgIpc) is 2.09. The van der Waals surface area contributed by atoms with Crippen LogP contribution in [-0.2, 0) is 0 Å². The van der Waals surface area contributed by atoms with Crippen molar-refractivity contribution in [3.63, 3.8) is 0 Å². The molecule has 0 aromatic heterocycles. The first-order chi connectivity index (χ1) is 6.57. The number of rotatable bonds is 8. The summed E-state index contributed by atoms with van der Waals surface area (Å²) in [5.41, 5.74) is 0. The van der Waals surface area contributed by atoms with Gasteiger partial charge in [-0.05, 0) is 39.4 Å². The minimum Gasteiger partial charge on any atom is -0.511 e. The van der Waals surface area contributed by atoms with E-state index in [-0.39, 0.29) is 17.7 Å². The standard InChI is InChI=1S/C10H20N2O2/c1-8(13)10(12-9(2)14)6-4-5-7-11-3/h10-14H,1-2,4-7H2,3H3. The van der Waals surface area contributed by atoms with Crippen molar-refractivity contribution in [3.05, 3.63) is 24.8 Å². The highest BCUT2D eigenvalue weighted by Crippen LogP contribution is 2.07. The molecule has 0 aliphatic carbocycles. The molecule has 0 saturated heterocycles. The smallest absolute Gasteiger partial charge is 0.177 e. The van der Waals surface area contributed by atoms with Gasteiger partial charge in [0.25, 0.3) is 0 Å². The van der Waals surface area contributed by atoms with Crippen molar-refractivity contribution < 1.29 is 10.2 Å². The lowest BCUT2D eigenvalue weighted by Gasteiger charge is -2.17. The predicted molar refractivity (Wildman–Crippen MR) is 58.2 cm³/mol. The maximum Gasteiger partial charge on any atom is 0.177 e. The van der Waals surface area contributed by atoms with Crippen LogP contribution >= 0.6 is 0 Å². The molecule has 0 aliphatic rings. The molecule has 0 bridgehead atoms. The topological polar surface area (TPSA) is 64.5 Å². The summed E-state index contributed by atoms with van der Waals surface area (Å²) < 4.78 is 0. The van der Waals surface area contributed by atoms with Gasteiger partial charge in [-0.3, -0.25) is 0 Å². The van der Waals surface area contributed by atoms with Gasteiger partial charge in [-0.25, -0.2) is 0 Å². The van der Waals surface area contributed by atoms with Crippen LogP contribution in [0, 0.1) is 0 Å². The maximum atomic E-state index is 9.19. The molecule has 82 valence electrons. The summed E-state index contributed by atoms with van der Waals surface area (Å²) in [6, 6.07) is -0.302. The Bertz CT molecular complexity index is 193. The third-order valence-electron chi connectivity index (χ3n) is 1.91. The van der Waals surface area contributed by atoms with Crippen LogP contribution in [0.2, 0.25) is 0 Å². The molecular formula is C10H20N2O2. The number of aliphatic hydroxyl groups excluding tert-OH is 2. The van der Waals surface area contributed by atoms with Crippen LogP contribution in [0.15, 0.2) is 24.8 Å². The fourth-order valence-corrected chi connectivity index (χ4v) is 1.17. The lowest BCUT2D eigenvalue weighted by Crippen LogP contribution is -2.29. The third kappa shape index (κ3) is 6.37. The van der Waals surface area contributed by atoms with Gasteiger partial charge in [0, 0.05) is 0 Å². The molecule has 14 heavy (non-hydrogen) atoms. The zero-order chi connectivity index (χ0) is 11.0. The van der Waals surface area contributed by atoms with Crippen molar-refractivity contribution in [1.29, 1.82) is 0 Å². The first-order valence-electron chi connectivity index (χ1n) is 4.74. The lowest BCUT2D eigenvalue weighted by molar-refractivity contribution is 0.293. The minimum absolute atomic E-state index is 0.0321. The molecule has 0 aliphatic heterocycles. The Labute approximate surface area is 85.3 Å². The Morgan fingerprint density at radius 2 is 1.93 bits per heavy atom. The molecular weight excluding hydrogens is 180 g/mol. The summed E-state index contributed by atoms with van der Waals surface area (Å²) in [6.07, 6.45) is 2.71. The Hall–Kier alpha value is -1.16. The molecule has 0 amide bonds. The molecule has 0 saturated carbocycles. The molecule has 0 rings (SSSR count). The Kier molecular flexibility index (Phi) is 6.66. The van der Waals surface area contributed by atoms with E-state index < -0.39 is 0 Å². The second kappa shape index (κ2) is 7.26. The molecule has 0 aromatic rings. The van der Waals surface area contributed by atoms with Gasteiger partial charge >= 0.3 is 0 Å². The molecule has 0 fully saturated rings. The number of aliphatic hydroxyl groups is 2. The highest BCUT2D eigenvalue weighted by atomic mass is 16.3. The Morgan fingerprint density at radius 3 is 2.36 bits per heavy atom. The monoisotopic (exact) mass is 200 g/mol. The van der Waals surface area contributed by atoms with Crippen LogP contribution in [0.4, 0.5) is 0 Å². The van der Waals surface area contributed by atoms with Gasteiger partial charge in [0.1, 0.15) is 5.76 Å². The van der Waals surface area contributed by atoms with Crippen molar-refractivity contribution in [3.8, 4) is 0 Å². The van der Waals surface area contributed by atoms with Gasteiger partial charge < -0.3 is 20.8 Å². The first kappa shape index (κ1) is 12.8. The van der Waals surface area contributed by atoms with E-state index in [0.29, 0.717) is 0 Å². The molecule has 1 unspecified atom stereocenters. The van der Waals surface area contributed by atoms with Crippen LogP contribution in [0.3, 0.4) is 0 Å². The summed E-state index contributed by atoms with van der Waals surface area (Å²) in [5, 5.41) is 23.8. The third-order valence-corrected chi connectivity index (χ3v) is 1.91. The van der Waals surface area contributed by atoms with E-state index in [2.05, 4.69) is 23.8 Å². The first-order valence-corrected chi connectivity index (χ1v) is 4.74. The van der Waals surface area contributed by atoms with E-state index in [1.54, 1.807) is 0 Å². The van der Waals surface area contributed by atoms with Crippen molar-refractivity contribution >= 4 is 0 Å². The molecule has 0 spiro atoms. The second-order valence-electron chi connectivity index (χ2n) is 3.23. The van der Waals surface area contributed by atoms with Gasteiger partial charge in [-0.1, -0.05) is 6.58 Å². The normalized spacial score (nSPS) is 12.1. The van der Waals surface area contributed by atoms with Crippen molar-refractivity contribution in [1.82, 2.24) is 10.6 Å². The molecule has 0 radical (unpaired) electrons. The van der Waals surface area contributed by atoms with E-state index in [0.717, 1.165) is 25.8 Å². The highest BCUT2D eigenvalue weighted by molar-refractivity contribution is 4.98. The highest BCUT2D eigenvalue weighted by Gasteiger charge is 2.10. The van der Waals surface area contributed by atoms with Crippen LogP contribution in [0.5, 0.6) is 0 Å². The van der Waals surface area contributed by atoms with E-state index in [4.69, 9.17) is 5.11 Å². The van der Waals surface area contributed by atoms with E-state index in [9.17, 15) is 5.11 Å². The second-order valence-corrected chi connectivity index (χ2v) is 3.23. The number of nitrogens with one attached hydrogen (secondary N) is 2. The van der Waals surface area contributed by atoms with Gasteiger partial charge in [-0.2, -0.15) is 0 Å². The van der Waals surface area contributed by atoms with Gasteiger partial charge in [0.2, 0.25) is 0 Å².